The number of nitrogens with zero attached hydrogens (tertiary/aromatic N) is 1. The summed E-state index contributed by atoms with van der Waals surface area (Å²) in [4.78, 5) is 15.7. The molecule has 1 N–H and O–H groups in total. The van der Waals surface area contributed by atoms with Crippen molar-refractivity contribution >= 4 is 17.4 Å². The van der Waals surface area contributed by atoms with Crippen molar-refractivity contribution in [3.8, 4) is 5.75 Å². The standard InChI is InChI=1S/C13H14N2O2S/c1-10(12-14-7-8-18-12)9-15-13(16)17-11-5-3-2-4-6-11/h2-8,10H,9H2,1H3,(H,15,16). The first-order chi connectivity index (χ1) is 8.75. The highest BCUT2D eigenvalue weighted by molar-refractivity contribution is 7.09. The molecular weight excluding hydrogens is 248 g/mol. The van der Waals surface area contributed by atoms with Gasteiger partial charge >= 0.3 is 6.09 Å². The van der Waals surface area contributed by atoms with Gasteiger partial charge in [-0.15, -0.1) is 11.3 Å². The van der Waals surface area contributed by atoms with E-state index in [-0.39, 0.29) is 5.92 Å². The number of hydrogen-bond acceptors (Lipinski definition) is 4. The van der Waals surface area contributed by atoms with Crippen LogP contribution in [0.15, 0.2) is 41.9 Å². The van der Waals surface area contributed by atoms with Crippen molar-refractivity contribution in [3.05, 3.63) is 46.9 Å². The number of nitrogens with one attached hydrogen (secondary N) is 1. The number of hydrogen-bond donors (Lipinski definition) is 1. The van der Waals surface area contributed by atoms with Gasteiger partial charge in [-0.2, -0.15) is 0 Å². The molecule has 5 heteroatoms. The van der Waals surface area contributed by atoms with E-state index in [2.05, 4.69) is 10.3 Å². The summed E-state index contributed by atoms with van der Waals surface area (Å²) in [6.45, 7) is 2.53. The summed E-state index contributed by atoms with van der Waals surface area (Å²) in [7, 11) is 0. The van der Waals surface area contributed by atoms with Gasteiger partial charge in [0.15, 0.2) is 0 Å². The first-order valence-corrected chi connectivity index (χ1v) is 6.54. The van der Waals surface area contributed by atoms with Crippen molar-refractivity contribution in [2.45, 2.75) is 12.8 Å². The zero-order valence-electron chi connectivity index (χ0n) is 10.00. The summed E-state index contributed by atoms with van der Waals surface area (Å²) in [5.41, 5.74) is 0. The molecule has 0 fully saturated rings. The molecular formula is C13H14N2O2S. The molecule has 18 heavy (non-hydrogen) atoms. The number of amides is 1. The topological polar surface area (TPSA) is 51.2 Å². The van der Waals surface area contributed by atoms with E-state index in [9.17, 15) is 4.79 Å². The second-order valence-corrected chi connectivity index (χ2v) is 4.78. The van der Waals surface area contributed by atoms with Crippen molar-refractivity contribution in [2.75, 3.05) is 6.54 Å². The van der Waals surface area contributed by atoms with Crippen LogP contribution in [0.25, 0.3) is 0 Å². The van der Waals surface area contributed by atoms with Crippen LogP contribution in [0.2, 0.25) is 0 Å². The summed E-state index contributed by atoms with van der Waals surface area (Å²) in [5.74, 6) is 0.727. The molecule has 1 unspecified atom stereocenters. The minimum Gasteiger partial charge on any atom is -0.410 e. The zero-order valence-corrected chi connectivity index (χ0v) is 10.8. The molecule has 1 aromatic carbocycles. The fourth-order valence-corrected chi connectivity index (χ4v) is 2.13. The van der Waals surface area contributed by atoms with E-state index >= 15 is 0 Å². The number of carbonyl (C=O) groups excluding carboxylic acids is 1. The highest BCUT2D eigenvalue weighted by Gasteiger charge is 2.10. The van der Waals surface area contributed by atoms with Crippen LogP contribution in [0.5, 0.6) is 5.75 Å². The van der Waals surface area contributed by atoms with E-state index in [0.29, 0.717) is 12.3 Å². The molecule has 2 rings (SSSR count). The lowest BCUT2D eigenvalue weighted by molar-refractivity contribution is 0.200. The largest absolute Gasteiger partial charge is 0.412 e. The molecule has 0 saturated heterocycles. The number of benzene rings is 1. The second kappa shape index (κ2) is 6.16. The van der Waals surface area contributed by atoms with E-state index in [1.165, 1.54) is 0 Å². The van der Waals surface area contributed by atoms with E-state index in [1.807, 2.05) is 30.5 Å². The third-order valence-electron chi connectivity index (χ3n) is 2.38. The Morgan fingerprint density at radius 3 is 2.89 bits per heavy atom. The van der Waals surface area contributed by atoms with Crippen LogP contribution in [0, 0.1) is 0 Å². The monoisotopic (exact) mass is 262 g/mol. The van der Waals surface area contributed by atoms with Gasteiger partial charge in [0.25, 0.3) is 0 Å². The molecule has 0 bridgehead atoms. The van der Waals surface area contributed by atoms with E-state index in [1.54, 1.807) is 29.7 Å². The van der Waals surface area contributed by atoms with Gasteiger partial charge in [-0.25, -0.2) is 9.78 Å². The molecule has 4 nitrogen and oxygen atoms in total. The summed E-state index contributed by atoms with van der Waals surface area (Å²) in [6.07, 6.45) is 1.32. The minimum absolute atomic E-state index is 0.188. The van der Waals surface area contributed by atoms with Gasteiger partial charge in [-0.3, -0.25) is 0 Å². The maximum Gasteiger partial charge on any atom is 0.412 e. The molecule has 0 spiro atoms. The van der Waals surface area contributed by atoms with E-state index < -0.39 is 6.09 Å². The van der Waals surface area contributed by atoms with Crippen molar-refractivity contribution in [3.63, 3.8) is 0 Å². The molecule has 0 radical (unpaired) electrons. The Bertz CT molecular complexity index is 485. The molecule has 1 aromatic heterocycles. The number of aromatic nitrogens is 1. The Hall–Kier alpha value is -1.88. The fourth-order valence-electron chi connectivity index (χ4n) is 1.43. The van der Waals surface area contributed by atoms with Crippen molar-refractivity contribution in [1.29, 1.82) is 0 Å². The number of thiazole rings is 1. The number of ether oxygens (including phenoxy) is 1. The average molecular weight is 262 g/mol. The van der Waals surface area contributed by atoms with E-state index in [0.717, 1.165) is 5.01 Å². The Labute approximate surface area is 110 Å². The van der Waals surface area contributed by atoms with Gasteiger partial charge in [-0.05, 0) is 12.1 Å². The lowest BCUT2D eigenvalue weighted by Crippen LogP contribution is -2.30. The molecule has 1 atom stereocenters. The van der Waals surface area contributed by atoms with Crippen LogP contribution in [-0.2, 0) is 0 Å². The van der Waals surface area contributed by atoms with Gasteiger partial charge in [0, 0.05) is 24.0 Å². The molecule has 94 valence electrons. The van der Waals surface area contributed by atoms with Gasteiger partial charge in [0.05, 0.1) is 5.01 Å². The average Bonchev–Trinajstić information content (AvgIpc) is 2.91. The molecule has 0 aliphatic carbocycles. The van der Waals surface area contributed by atoms with Gasteiger partial charge in [-0.1, -0.05) is 25.1 Å². The predicted molar refractivity (Wildman–Crippen MR) is 71.0 cm³/mol. The summed E-state index contributed by atoms with van der Waals surface area (Å²) < 4.78 is 5.12. The highest BCUT2D eigenvalue weighted by atomic mass is 32.1. The lowest BCUT2D eigenvalue weighted by atomic mass is 10.2. The SMILES string of the molecule is CC(CNC(=O)Oc1ccccc1)c1nccs1. The number of rotatable bonds is 4. The third-order valence-corrected chi connectivity index (χ3v) is 3.39. The van der Waals surface area contributed by atoms with Gasteiger partial charge in [0.1, 0.15) is 5.75 Å². The Kier molecular flexibility index (Phi) is 4.30. The summed E-state index contributed by atoms with van der Waals surface area (Å²) in [5, 5.41) is 5.66. The van der Waals surface area contributed by atoms with E-state index in [4.69, 9.17) is 4.74 Å². The Balaban J connectivity index is 1.79. The summed E-state index contributed by atoms with van der Waals surface area (Å²) in [6, 6.07) is 8.99. The van der Waals surface area contributed by atoms with Crippen LogP contribution >= 0.6 is 11.3 Å². The van der Waals surface area contributed by atoms with Crippen LogP contribution < -0.4 is 10.1 Å². The highest BCUT2D eigenvalue weighted by Crippen LogP contribution is 2.16. The third kappa shape index (κ3) is 3.56. The van der Waals surface area contributed by atoms with Crippen molar-refractivity contribution in [2.24, 2.45) is 0 Å². The Morgan fingerprint density at radius 2 is 2.22 bits per heavy atom. The smallest absolute Gasteiger partial charge is 0.410 e. The molecule has 0 saturated carbocycles. The maximum absolute atomic E-state index is 11.5. The Morgan fingerprint density at radius 1 is 1.44 bits per heavy atom. The lowest BCUT2D eigenvalue weighted by Gasteiger charge is -2.10. The minimum atomic E-state index is -0.440. The van der Waals surface area contributed by atoms with Crippen molar-refractivity contribution < 1.29 is 9.53 Å². The number of carbonyl (C=O) groups is 1. The van der Waals surface area contributed by atoms with Crippen LogP contribution in [-0.4, -0.2) is 17.6 Å². The first kappa shape index (κ1) is 12.6. The first-order valence-electron chi connectivity index (χ1n) is 5.66. The molecule has 1 amide bonds. The van der Waals surface area contributed by atoms with Gasteiger partial charge < -0.3 is 10.1 Å². The van der Waals surface area contributed by atoms with Crippen LogP contribution in [0.3, 0.4) is 0 Å². The molecule has 0 aliphatic rings. The maximum atomic E-state index is 11.5. The quantitative estimate of drug-likeness (QED) is 0.921. The van der Waals surface area contributed by atoms with Crippen molar-refractivity contribution in [1.82, 2.24) is 10.3 Å². The fraction of sp³-hybridized carbons (Fsp3) is 0.231. The predicted octanol–water partition coefficient (Wildman–Crippen LogP) is 3.04. The van der Waals surface area contributed by atoms with Gasteiger partial charge in [0.2, 0.25) is 0 Å². The van der Waals surface area contributed by atoms with Crippen LogP contribution in [0.4, 0.5) is 4.79 Å². The number of para-hydroxylation sites is 1. The normalized spacial score (nSPS) is 11.8. The zero-order chi connectivity index (χ0) is 12.8. The summed E-state index contributed by atoms with van der Waals surface area (Å²) >= 11 is 1.58. The van der Waals surface area contributed by atoms with Crippen LogP contribution in [0.1, 0.15) is 17.8 Å². The molecule has 2 aromatic rings. The molecule has 1 heterocycles. The second-order valence-electron chi connectivity index (χ2n) is 3.85. The molecule has 0 aliphatic heterocycles.